The molecule has 2 aromatic carbocycles. The molecule has 0 saturated heterocycles. The summed E-state index contributed by atoms with van der Waals surface area (Å²) < 4.78 is 0.995. The average Bonchev–Trinajstić information content (AvgIpc) is 2.57. The zero-order valence-electron chi connectivity index (χ0n) is 12.9. The standard InChI is InChI=1S/C18H15BrClN3O/c1-12-8-15(6-7-16(12)19)22-11-14(9-21)18(24)23-10-13-4-2-3-5-17(13)20/h2-8,11,22H,10H2,1H3,(H,23,24)/b14-11-. The largest absolute Gasteiger partial charge is 0.360 e. The molecule has 6 heteroatoms. The van der Waals surface area contributed by atoms with E-state index in [-0.39, 0.29) is 12.1 Å². The lowest BCUT2D eigenvalue weighted by Crippen LogP contribution is -2.24. The van der Waals surface area contributed by atoms with Gasteiger partial charge in [0.15, 0.2) is 0 Å². The molecule has 0 aliphatic heterocycles. The minimum atomic E-state index is -0.459. The summed E-state index contributed by atoms with van der Waals surface area (Å²) in [6, 6.07) is 14.8. The van der Waals surface area contributed by atoms with Gasteiger partial charge in [0.2, 0.25) is 0 Å². The van der Waals surface area contributed by atoms with Gasteiger partial charge in [-0.15, -0.1) is 0 Å². The van der Waals surface area contributed by atoms with E-state index in [4.69, 9.17) is 11.6 Å². The van der Waals surface area contributed by atoms with Crippen LogP contribution in [0.5, 0.6) is 0 Å². The molecule has 0 radical (unpaired) electrons. The van der Waals surface area contributed by atoms with E-state index in [2.05, 4.69) is 26.6 Å². The van der Waals surface area contributed by atoms with Crippen molar-refractivity contribution in [2.45, 2.75) is 13.5 Å². The molecule has 0 saturated carbocycles. The summed E-state index contributed by atoms with van der Waals surface area (Å²) in [5.74, 6) is -0.459. The molecule has 1 amide bonds. The van der Waals surface area contributed by atoms with Gasteiger partial charge in [-0.2, -0.15) is 5.26 Å². The molecule has 2 N–H and O–H groups in total. The molecule has 0 aromatic heterocycles. The van der Waals surface area contributed by atoms with Gasteiger partial charge in [0.05, 0.1) is 0 Å². The highest BCUT2D eigenvalue weighted by Crippen LogP contribution is 2.20. The van der Waals surface area contributed by atoms with Crippen LogP contribution < -0.4 is 10.6 Å². The number of amides is 1. The summed E-state index contributed by atoms with van der Waals surface area (Å²) in [4.78, 5) is 12.1. The van der Waals surface area contributed by atoms with Crippen molar-refractivity contribution in [1.29, 1.82) is 5.26 Å². The number of benzene rings is 2. The van der Waals surface area contributed by atoms with Crippen LogP contribution in [-0.2, 0) is 11.3 Å². The first-order valence-electron chi connectivity index (χ1n) is 7.16. The first kappa shape index (κ1) is 18.1. The molecule has 0 spiro atoms. The molecule has 0 fully saturated rings. The van der Waals surface area contributed by atoms with Crippen LogP contribution in [0.1, 0.15) is 11.1 Å². The predicted molar refractivity (Wildman–Crippen MR) is 99.5 cm³/mol. The summed E-state index contributed by atoms with van der Waals surface area (Å²) >= 11 is 9.47. The second-order valence-electron chi connectivity index (χ2n) is 5.05. The van der Waals surface area contributed by atoms with Crippen molar-refractivity contribution in [3.8, 4) is 6.07 Å². The van der Waals surface area contributed by atoms with Gasteiger partial charge in [0.1, 0.15) is 11.6 Å². The van der Waals surface area contributed by atoms with Crippen molar-refractivity contribution in [2.75, 3.05) is 5.32 Å². The Hall–Kier alpha value is -2.29. The molecular formula is C18H15BrClN3O. The van der Waals surface area contributed by atoms with Crippen LogP contribution in [0.4, 0.5) is 5.69 Å². The normalized spacial score (nSPS) is 10.8. The first-order valence-corrected chi connectivity index (χ1v) is 8.33. The highest BCUT2D eigenvalue weighted by atomic mass is 79.9. The molecule has 0 aliphatic carbocycles. The number of nitrogens with one attached hydrogen (secondary N) is 2. The Morgan fingerprint density at radius 3 is 2.75 bits per heavy atom. The van der Waals surface area contributed by atoms with Crippen LogP contribution in [-0.4, -0.2) is 5.91 Å². The van der Waals surface area contributed by atoms with Crippen molar-refractivity contribution >= 4 is 39.1 Å². The maximum Gasteiger partial charge on any atom is 0.263 e. The number of hydrogen-bond acceptors (Lipinski definition) is 3. The fourth-order valence-corrected chi connectivity index (χ4v) is 2.40. The molecule has 0 bridgehead atoms. The van der Waals surface area contributed by atoms with E-state index < -0.39 is 5.91 Å². The minimum Gasteiger partial charge on any atom is -0.360 e. The van der Waals surface area contributed by atoms with Crippen molar-refractivity contribution in [2.24, 2.45) is 0 Å². The second kappa shape index (κ2) is 8.53. The smallest absolute Gasteiger partial charge is 0.263 e. The Bertz CT molecular complexity index is 827. The van der Waals surface area contributed by atoms with Gasteiger partial charge < -0.3 is 10.6 Å². The third-order valence-electron chi connectivity index (χ3n) is 3.30. The quantitative estimate of drug-likeness (QED) is 0.568. The van der Waals surface area contributed by atoms with Crippen molar-refractivity contribution < 1.29 is 4.79 Å². The van der Waals surface area contributed by atoms with E-state index >= 15 is 0 Å². The molecule has 0 heterocycles. The topological polar surface area (TPSA) is 64.9 Å². The summed E-state index contributed by atoms with van der Waals surface area (Å²) in [5, 5.41) is 15.4. The maximum atomic E-state index is 12.1. The zero-order chi connectivity index (χ0) is 17.5. The monoisotopic (exact) mass is 403 g/mol. The van der Waals surface area contributed by atoms with Crippen LogP contribution in [0.2, 0.25) is 5.02 Å². The highest BCUT2D eigenvalue weighted by Gasteiger charge is 2.09. The number of rotatable bonds is 5. The SMILES string of the molecule is Cc1cc(N/C=C(/C#N)C(=O)NCc2ccccc2Cl)ccc1Br. The Kier molecular flexibility index (Phi) is 6.42. The number of anilines is 1. The van der Waals surface area contributed by atoms with Crippen LogP contribution >= 0.6 is 27.5 Å². The Morgan fingerprint density at radius 1 is 1.33 bits per heavy atom. The van der Waals surface area contributed by atoms with Gasteiger partial charge >= 0.3 is 0 Å². The number of aryl methyl sites for hydroxylation is 1. The van der Waals surface area contributed by atoms with Crippen molar-refractivity contribution in [3.05, 3.63) is 74.9 Å². The third kappa shape index (κ3) is 4.85. The Balaban J connectivity index is 2.01. The molecule has 122 valence electrons. The van der Waals surface area contributed by atoms with Gasteiger partial charge in [0.25, 0.3) is 5.91 Å². The fraction of sp³-hybridized carbons (Fsp3) is 0.111. The average molecular weight is 405 g/mol. The second-order valence-corrected chi connectivity index (χ2v) is 6.31. The van der Waals surface area contributed by atoms with Crippen molar-refractivity contribution in [3.63, 3.8) is 0 Å². The number of hydrogen-bond donors (Lipinski definition) is 2. The summed E-state index contributed by atoms with van der Waals surface area (Å²) in [5.41, 5.74) is 2.63. The highest BCUT2D eigenvalue weighted by molar-refractivity contribution is 9.10. The van der Waals surface area contributed by atoms with Crippen LogP contribution in [0.25, 0.3) is 0 Å². The van der Waals surface area contributed by atoms with Crippen LogP contribution in [0.3, 0.4) is 0 Å². The Morgan fingerprint density at radius 2 is 2.08 bits per heavy atom. The lowest BCUT2D eigenvalue weighted by atomic mass is 10.2. The third-order valence-corrected chi connectivity index (χ3v) is 4.56. The lowest BCUT2D eigenvalue weighted by molar-refractivity contribution is -0.117. The molecule has 0 atom stereocenters. The summed E-state index contributed by atoms with van der Waals surface area (Å²) in [6.45, 7) is 2.22. The molecule has 24 heavy (non-hydrogen) atoms. The number of carbonyl (C=O) groups excluding carboxylic acids is 1. The van der Waals surface area contributed by atoms with E-state index in [1.807, 2.05) is 49.4 Å². The number of nitriles is 1. The van der Waals surface area contributed by atoms with Gasteiger partial charge in [-0.05, 0) is 42.3 Å². The molecule has 0 aliphatic rings. The predicted octanol–water partition coefficient (Wildman–Crippen LogP) is 4.55. The molecular weight excluding hydrogens is 390 g/mol. The number of carbonyl (C=O) groups is 1. The van der Waals surface area contributed by atoms with Crippen LogP contribution in [0.15, 0.2) is 58.7 Å². The van der Waals surface area contributed by atoms with E-state index in [0.29, 0.717) is 5.02 Å². The lowest BCUT2D eigenvalue weighted by Gasteiger charge is -2.07. The molecule has 4 nitrogen and oxygen atoms in total. The molecule has 2 rings (SSSR count). The number of halogens is 2. The van der Waals surface area contributed by atoms with E-state index in [1.54, 1.807) is 6.07 Å². The van der Waals surface area contributed by atoms with E-state index in [9.17, 15) is 10.1 Å². The fourth-order valence-electron chi connectivity index (χ4n) is 1.95. The van der Waals surface area contributed by atoms with Gasteiger partial charge in [-0.3, -0.25) is 4.79 Å². The maximum absolute atomic E-state index is 12.1. The Labute approximate surface area is 154 Å². The van der Waals surface area contributed by atoms with Crippen molar-refractivity contribution in [1.82, 2.24) is 5.32 Å². The van der Waals surface area contributed by atoms with Gasteiger partial charge in [-0.25, -0.2) is 0 Å². The first-order chi connectivity index (χ1) is 11.5. The minimum absolute atomic E-state index is 0.0115. The van der Waals surface area contributed by atoms with E-state index in [0.717, 1.165) is 21.3 Å². The molecule has 2 aromatic rings. The van der Waals surface area contributed by atoms with Crippen LogP contribution in [0, 0.1) is 18.3 Å². The molecule has 0 unspecified atom stereocenters. The van der Waals surface area contributed by atoms with Gasteiger partial charge in [0, 0.05) is 27.9 Å². The van der Waals surface area contributed by atoms with E-state index in [1.165, 1.54) is 6.20 Å². The van der Waals surface area contributed by atoms with Gasteiger partial charge in [-0.1, -0.05) is 45.7 Å². The zero-order valence-corrected chi connectivity index (χ0v) is 15.3. The number of nitrogens with zero attached hydrogens (tertiary/aromatic N) is 1. The summed E-state index contributed by atoms with van der Waals surface area (Å²) in [6.07, 6.45) is 1.39. The summed E-state index contributed by atoms with van der Waals surface area (Å²) in [7, 11) is 0.